The fourth-order valence-electron chi connectivity index (χ4n) is 1.59. The van der Waals surface area contributed by atoms with Gasteiger partial charge in [-0.1, -0.05) is 0 Å². The van der Waals surface area contributed by atoms with Crippen LogP contribution in [0.5, 0.6) is 11.5 Å². The molecule has 0 amide bonds. The number of carbonyl (C=O) groups is 2. The number of benzene rings is 1. The minimum absolute atomic E-state index is 0.0115. The van der Waals surface area contributed by atoms with Gasteiger partial charge in [0.2, 0.25) is 0 Å². The molecule has 0 aliphatic carbocycles. The third-order valence-corrected chi connectivity index (χ3v) is 3.16. The fraction of sp³-hybridized carbons (Fsp3) is 0.556. The van der Waals surface area contributed by atoms with Crippen LogP contribution in [-0.2, 0) is 16.0 Å². The highest BCUT2D eigenvalue weighted by Crippen LogP contribution is 2.34. The van der Waals surface area contributed by atoms with Crippen molar-refractivity contribution in [2.45, 2.75) is 48.0 Å². The van der Waals surface area contributed by atoms with Gasteiger partial charge < -0.3 is 15.2 Å². The van der Waals surface area contributed by atoms with E-state index in [1.165, 1.54) is 6.07 Å². The number of halogens is 1. The maximum absolute atomic E-state index is 14.1. The lowest BCUT2D eigenvalue weighted by Crippen LogP contribution is -2.28. The maximum atomic E-state index is 14.1. The van der Waals surface area contributed by atoms with Crippen LogP contribution in [0.3, 0.4) is 0 Å². The van der Waals surface area contributed by atoms with Gasteiger partial charge in [-0.2, -0.15) is 0 Å². The molecule has 24 heavy (non-hydrogen) atoms. The van der Waals surface area contributed by atoms with Crippen LogP contribution in [0.2, 0.25) is 0 Å². The van der Waals surface area contributed by atoms with E-state index in [0.29, 0.717) is 5.56 Å². The van der Waals surface area contributed by atoms with Gasteiger partial charge in [0.05, 0.1) is 10.8 Å². The molecule has 0 aliphatic heterocycles. The second-order valence-corrected chi connectivity index (χ2v) is 7.71. The Bertz CT molecular complexity index is 627. The zero-order valence-electron chi connectivity index (χ0n) is 15.2. The summed E-state index contributed by atoms with van der Waals surface area (Å²) >= 11 is 0. The van der Waals surface area contributed by atoms with Crippen molar-refractivity contribution in [1.29, 1.82) is 0 Å². The first-order valence-electron chi connectivity index (χ1n) is 7.83. The van der Waals surface area contributed by atoms with E-state index in [9.17, 15) is 14.0 Å². The second-order valence-electron chi connectivity index (χ2n) is 7.71. The first-order valence-corrected chi connectivity index (χ1v) is 7.83. The Balaban J connectivity index is 3.27. The van der Waals surface area contributed by atoms with Gasteiger partial charge in [-0.3, -0.25) is 9.59 Å². The lowest BCUT2D eigenvalue weighted by Gasteiger charge is -2.21. The number of ether oxygens (including phenoxy) is 2. The highest BCUT2D eigenvalue weighted by atomic mass is 18.2. The molecule has 5 nitrogen and oxygen atoms in total. The van der Waals surface area contributed by atoms with Crippen molar-refractivity contribution in [3.63, 3.8) is 0 Å². The topological polar surface area (TPSA) is 78.6 Å². The third kappa shape index (κ3) is 5.30. The predicted octanol–water partition coefficient (Wildman–Crippen LogP) is 3.23. The monoisotopic (exact) mass is 338 g/mol. The van der Waals surface area contributed by atoms with Gasteiger partial charge >= 0.3 is 11.9 Å². The molecule has 134 valence electrons. The molecule has 0 saturated heterocycles. The molecule has 1 rings (SSSR count). The number of nitrogens with two attached hydrogens (primary N) is 1. The Labute approximate surface area is 142 Å². The number of hydrogen-bond donors (Lipinski definition) is 1. The van der Waals surface area contributed by atoms with Crippen LogP contribution in [0.15, 0.2) is 12.1 Å². The van der Waals surface area contributed by atoms with Crippen LogP contribution in [0, 0.1) is 16.6 Å². The first-order chi connectivity index (χ1) is 10.9. The van der Waals surface area contributed by atoms with E-state index >= 15 is 0 Å². The van der Waals surface area contributed by atoms with E-state index < -0.39 is 28.6 Å². The molecule has 0 fully saturated rings. The Morgan fingerprint density at radius 3 is 1.75 bits per heavy atom. The summed E-state index contributed by atoms with van der Waals surface area (Å²) in [4.78, 5) is 24.2. The average Bonchev–Trinajstić information content (AvgIpc) is 2.41. The van der Waals surface area contributed by atoms with Gasteiger partial charge in [-0.15, -0.1) is 0 Å². The number of rotatable bonds is 4. The molecular weight excluding hydrogens is 312 g/mol. The summed E-state index contributed by atoms with van der Waals surface area (Å²) in [6.45, 7) is 10.4. The normalized spacial score (nSPS) is 12.0. The molecule has 0 saturated carbocycles. The fourth-order valence-corrected chi connectivity index (χ4v) is 1.59. The van der Waals surface area contributed by atoms with Crippen molar-refractivity contribution >= 4 is 11.9 Å². The molecule has 1 aromatic carbocycles. The van der Waals surface area contributed by atoms with Crippen LogP contribution in [0.1, 0.15) is 47.1 Å². The summed E-state index contributed by atoms with van der Waals surface area (Å²) in [5, 5.41) is 0. The summed E-state index contributed by atoms with van der Waals surface area (Å²) in [6, 6.07) is 2.41. The van der Waals surface area contributed by atoms with Crippen molar-refractivity contribution in [1.82, 2.24) is 0 Å². The minimum atomic E-state index is -0.780. The molecule has 0 radical (unpaired) electrons. The molecule has 2 N–H and O–H groups in total. The van der Waals surface area contributed by atoms with Crippen LogP contribution in [0.25, 0.3) is 0 Å². The second kappa shape index (κ2) is 7.30. The molecule has 0 atom stereocenters. The average molecular weight is 338 g/mol. The number of hydrogen-bond acceptors (Lipinski definition) is 5. The third-order valence-electron chi connectivity index (χ3n) is 3.16. The summed E-state index contributed by atoms with van der Waals surface area (Å²) < 4.78 is 24.7. The molecule has 0 aromatic heterocycles. The Morgan fingerprint density at radius 1 is 0.958 bits per heavy atom. The smallest absolute Gasteiger partial charge is 0.316 e. The standard InChI is InChI=1S/C18H26FNO4/c1-17(2,3)15(21)23-13-9-11(7-8-20)12(19)10-14(13)24-16(22)18(4,5)6/h9-10H,7-8,20H2,1-6H3/i19-1. The van der Waals surface area contributed by atoms with Crippen LogP contribution in [-0.4, -0.2) is 18.5 Å². The van der Waals surface area contributed by atoms with E-state index in [1.54, 1.807) is 41.5 Å². The van der Waals surface area contributed by atoms with Crippen molar-refractivity contribution < 1.29 is 23.5 Å². The van der Waals surface area contributed by atoms with Crippen LogP contribution < -0.4 is 15.2 Å². The van der Waals surface area contributed by atoms with Gasteiger partial charge in [0.1, 0.15) is 5.82 Å². The van der Waals surface area contributed by atoms with Gasteiger partial charge in [-0.25, -0.2) is 4.39 Å². The van der Waals surface area contributed by atoms with Crippen molar-refractivity contribution in [3.8, 4) is 11.5 Å². The first kappa shape index (κ1) is 20.1. The largest absolute Gasteiger partial charge is 0.422 e. The molecule has 0 aliphatic rings. The Hall–Kier alpha value is -1.95. The lowest BCUT2D eigenvalue weighted by atomic mass is 9.97. The SMILES string of the molecule is CC(C)(C)C(=O)Oc1cc([18F])c(CCN)cc1OC(=O)C(C)(C)C. The van der Waals surface area contributed by atoms with E-state index in [1.807, 2.05) is 0 Å². The summed E-state index contributed by atoms with van der Waals surface area (Å²) in [5.74, 6) is -1.74. The quantitative estimate of drug-likeness (QED) is 0.673. The number of esters is 2. The van der Waals surface area contributed by atoms with Gasteiger partial charge in [0.15, 0.2) is 11.5 Å². The molecule has 1 aromatic rings. The van der Waals surface area contributed by atoms with Crippen LogP contribution in [0.4, 0.5) is 4.39 Å². The lowest BCUT2D eigenvalue weighted by molar-refractivity contribution is -0.145. The summed E-state index contributed by atoms with van der Waals surface area (Å²) in [6.07, 6.45) is 0.277. The summed E-state index contributed by atoms with van der Waals surface area (Å²) in [7, 11) is 0. The Kier molecular flexibility index (Phi) is 6.11. The van der Waals surface area contributed by atoms with Gasteiger partial charge in [-0.05, 0) is 66.1 Å². The predicted molar refractivity (Wildman–Crippen MR) is 89.3 cm³/mol. The highest BCUT2D eigenvalue weighted by molar-refractivity contribution is 5.81. The molecule has 0 spiro atoms. The zero-order chi connectivity index (χ0) is 18.7. The molecule has 0 bridgehead atoms. The number of carbonyl (C=O) groups excluding carboxylic acids is 2. The van der Waals surface area contributed by atoms with Gasteiger partial charge in [0, 0.05) is 6.07 Å². The highest BCUT2D eigenvalue weighted by Gasteiger charge is 2.29. The Morgan fingerprint density at radius 2 is 1.38 bits per heavy atom. The molecule has 0 heterocycles. The summed E-state index contributed by atoms with van der Waals surface area (Å²) in [5.41, 5.74) is 4.23. The van der Waals surface area contributed by atoms with E-state index in [4.69, 9.17) is 15.2 Å². The van der Waals surface area contributed by atoms with Gasteiger partial charge in [0.25, 0.3) is 0 Å². The zero-order valence-corrected chi connectivity index (χ0v) is 15.2. The van der Waals surface area contributed by atoms with Crippen molar-refractivity contribution in [2.75, 3.05) is 6.54 Å². The molecule has 6 heteroatoms. The minimum Gasteiger partial charge on any atom is -0.422 e. The van der Waals surface area contributed by atoms with Crippen LogP contribution >= 0.6 is 0 Å². The van der Waals surface area contributed by atoms with E-state index in [2.05, 4.69) is 0 Å². The van der Waals surface area contributed by atoms with Crippen molar-refractivity contribution in [3.05, 3.63) is 23.5 Å². The molecule has 0 unspecified atom stereocenters. The molecular formula is C18H26FNO4. The maximum Gasteiger partial charge on any atom is 0.316 e. The van der Waals surface area contributed by atoms with E-state index in [-0.39, 0.29) is 24.5 Å². The van der Waals surface area contributed by atoms with Crippen molar-refractivity contribution in [2.24, 2.45) is 16.6 Å². The van der Waals surface area contributed by atoms with E-state index in [0.717, 1.165) is 6.07 Å².